The van der Waals surface area contributed by atoms with E-state index < -0.39 is 11.7 Å². The molecule has 0 radical (unpaired) electrons. The fourth-order valence-electron chi connectivity index (χ4n) is 3.71. The van der Waals surface area contributed by atoms with E-state index >= 15 is 0 Å². The average Bonchev–Trinajstić information content (AvgIpc) is 3.27. The highest BCUT2D eigenvalue weighted by Crippen LogP contribution is 2.28. The molecular weight excluding hydrogens is 389 g/mol. The van der Waals surface area contributed by atoms with E-state index in [9.17, 15) is 23.6 Å². The van der Waals surface area contributed by atoms with Crippen molar-refractivity contribution in [2.75, 3.05) is 16.8 Å². The number of hydrogen-bond acceptors (Lipinski definition) is 4. The zero-order chi connectivity index (χ0) is 21.3. The molecule has 2 fully saturated rings. The van der Waals surface area contributed by atoms with Gasteiger partial charge in [-0.2, -0.15) is 0 Å². The minimum Gasteiger partial charge on any atom is -0.326 e. The molecule has 4 amide bonds. The van der Waals surface area contributed by atoms with Crippen molar-refractivity contribution in [3.05, 3.63) is 59.9 Å². The van der Waals surface area contributed by atoms with Gasteiger partial charge < -0.3 is 10.2 Å². The zero-order valence-corrected chi connectivity index (χ0v) is 16.1. The fraction of sp³-hybridized carbons (Fsp3) is 0.273. The highest BCUT2D eigenvalue weighted by atomic mass is 19.1. The first-order valence-electron chi connectivity index (χ1n) is 9.70. The summed E-state index contributed by atoms with van der Waals surface area (Å²) < 4.78 is 14.0. The number of likely N-dealkylation sites (tertiary alicyclic amines) is 1. The lowest BCUT2D eigenvalue weighted by Gasteiger charge is -2.17. The van der Waals surface area contributed by atoms with Gasteiger partial charge in [0.05, 0.1) is 18.2 Å². The van der Waals surface area contributed by atoms with Gasteiger partial charge in [0.1, 0.15) is 5.82 Å². The van der Waals surface area contributed by atoms with Crippen LogP contribution in [0.3, 0.4) is 0 Å². The molecule has 1 atom stereocenters. The lowest BCUT2D eigenvalue weighted by atomic mass is 10.1. The highest BCUT2D eigenvalue weighted by molar-refractivity contribution is 6.03. The molecule has 7 nitrogen and oxygen atoms in total. The summed E-state index contributed by atoms with van der Waals surface area (Å²) in [5.74, 6) is -2.06. The second-order valence-electron chi connectivity index (χ2n) is 7.42. The third kappa shape index (κ3) is 3.94. The number of imide groups is 1. The van der Waals surface area contributed by atoms with Gasteiger partial charge in [-0.3, -0.25) is 24.1 Å². The van der Waals surface area contributed by atoms with E-state index in [0.717, 1.165) is 5.56 Å². The van der Waals surface area contributed by atoms with Crippen molar-refractivity contribution < 1.29 is 23.6 Å². The van der Waals surface area contributed by atoms with Crippen molar-refractivity contribution in [3.8, 4) is 0 Å². The van der Waals surface area contributed by atoms with Crippen LogP contribution in [0.15, 0.2) is 48.5 Å². The van der Waals surface area contributed by atoms with E-state index in [1.54, 1.807) is 36.4 Å². The second-order valence-corrected chi connectivity index (χ2v) is 7.42. The summed E-state index contributed by atoms with van der Waals surface area (Å²) in [4.78, 5) is 50.8. The summed E-state index contributed by atoms with van der Waals surface area (Å²) >= 11 is 0. The Balaban J connectivity index is 1.37. The van der Waals surface area contributed by atoms with Crippen molar-refractivity contribution in [1.82, 2.24) is 4.90 Å². The van der Waals surface area contributed by atoms with E-state index in [0.29, 0.717) is 5.69 Å². The van der Waals surface area contributed by atoms with E-state index in [4.69, 9.17) is 0 Å². The quantitative estimate of drug-likeness (QED) is 0.769. The predicted octanol–water partition coefficient (Wildman–Crippen LogP) is 2.47. The second kappa shape index (κ2) is 8.06. The average molecular weight is 409 g/mol. The maximum atomic E-state index is 14.0. The Morgan fingerprint density at radius 3 is 2.30 bits per heavy atom. The molecule has 30 heavy (non-hydrogen) atoms. The Kier molecular flexibility index (Phi) is 5.31. The summed E-state index contributed by atoms with van der Waals surface area (Å²) in [6, 6.07) is 12.8. The third-order valence-corrected chi connectivity index (χ3v) is 5.36. The number of anilines is 2. The molecule has 0 aliphatic carbocycles. The van der Waals surface area contributed by atoms with Crippen LogP contribution in [0.5, 0.6) is 0 Å². The molecule has 2 aromatic carbocycles. The van der Waals surface area contributed by atoms with Crippen LogP contribution in [0.2, 0.25) is 0 Å². The van der Waals surface area contributed by atoms with Crippen LogP contribution in [0.1, 0.15) is 24.8 Å². The van der Waals surface area contributed by atoms with Gasteiger partial charge in [0.15, 0.2) is 0 Å². The number of amides is 4. The van der Waals surface area contributed by atoms with Gasteiger partial charge in [-0.25, -0.2) is 4.39 Å². The molecule has 8 heteroatoms. The molecule has 4 rings (SSSR count). The molecule has 1 N–H and O–H groups in total. The summed E-state index contributed by atoms with van der Waals surface area (Å²) in [6.07, 6.45) is 0.505. The lowest BCUT2D eigenvalue weighted by molar-refractivity contribution is -0.139. The topological polar surface area (TPSA) is 86.8 Å². The number of halogens is 1. The van der Waals surface area contributed by atoms with Crippen LogP contribution >= 0.6 is 0 Å². The number of rotatable bonds is 5. The molecular formula is C22H20FN3O4. The lowest BCUT2D eigenvalue weighted by Crippen LogP contribution is -2.29. The first-order valence-corrected chi connectivity index (χ1v) is 9.70. The fourth-order valence-corrected chi connectivity index (χ4v) is 3.71. The first-order chi connectivity index (χ1) is 14.4. The molecule has 0 bridgehead atoms. The van der Waals surface area contributed by atoms with E-state index in [1.165, 1.54) is 21.9 Å². The summed E-state index contributed by atoms with van der Waals surface area (Å²) in [7, 11) is 0. The van der Waals surface area contributed by atoms with Crippen LogP contribution in [-0.2, 0) is 25.7 Å². The molecule has 0 aromatic heterocycles. The standard InChI is InChI=1S/C22H20FN3O4/c23-17-3-1-2-4-18(17)25-13-15(11-21(25)29)22(30)24-16-7-5-14(6-8-16)12-26-19(27)9-10-20(26)28/h1-8,15H,9-13H2,(H,24,30). The Hall–Kier alpha value is -3.55. The van der Waals surface area contributed by atoms with Gasteiger partial charge in [-0.05, 0) is 29.8 Å². The summed E-state index contributed by atoms with van der Waals surface area (Å²) in [5, 5.41) is 2.77. The van der Waals surface area contributed by atoms with Gasteiger partial charge in [0.25, 0.3) is 0 Å². The van der Waals surface area contributed by atoms with Gasteiger partial charge in [-0.15, -0.1) is 0 Å². The third-order valence-electron chi connectivity index (χ3n) is 5.36. The van der Waals surface area contributed by atoms with Crippen LogP contribution in [0.25, 0.3) is 0 Å². The Labute approximate surface area is 172 Å². The van der Waals surface area contributed by atoms with Gasteiger partial charge in [-0.1, -0.05) is 24.3 Å². The smallest absolute Gasteiger partial charge is 0.229 e. The number of benzene rings is 2. The monoisotopic (exact) mass is 409 g/mol. The number of para-hydroxylation sites is 1. The predicted molar refractivity (Wildman–Crippen MR) is 107 cm³/mol. The number of nitrogens with zero attached hydrogens (tertiary/aromatic N) is 2. The maximum absolute atomic E-state index is 14.0. The maximum Gasteiger partial charge on any atom is 0.229 e. The van der Waals surface area contributed by atoms with Crippen LogP contribution in [0.4, 0.5) is 15.8 Å². The number of nitrogens with one attached hydrogen (secondary N) is 1. The first kappa shape index (κ1) is 19.8. The van der Waals surface area contributed by atoms with Crippen LogP contribution in [-0.4, -0.2) is 35.1 Å². The molecule has 2 aromatic rings. The van der Waals surface area contributed by atoms with Crippen LogP contribution < -0.4 is 10.2 Å². The minimum atomic E-state index is -0.586. The van der Waals surface area contributed by atoms with E-state index in [1.807, 2.05) is 0 Å². The van der Waals surface area contributed by atoms with E-state index in [2.05, 4.69) is 5.32 Å². The summed E-state index contributed by atoms with van der Waals surface area (Å²) in [5.41, 5.74) is 1.49. The van der Waals surface area contributed by atoms with Crippen molar-refractivity contribution in [1.29, 1.82) is 0 Å². The molecule has 2 saturated heterocycles. The normalized spacial score (nSPS) is 19.0. The number of carbonyl (C=O) groups is 4. The molecule has 2 aliphatic heterocycles. The Bertz CT molecular complexity index is 1010. The Morgan fingerprint density at radius 1 is 0.967 bits per heavy atom. The van der Waals surface area contributed by atoms with Gasteiger partial charge in [0, 0.05) is 31.5 Å². The van der Waals surface area contributed by atoms with Gasteiger partial charge in [0.2, 0.25) is 23.6 Å². The molecule has 2 heterocycles. The van der Waals surface area contributed by atoms with Crippen molar-refractivity contribution in [2.24, 2.45) is 5.92 Å². The zero-order valence-electron chi connectivity index (χ0n) is 16.1. The molecule has 154 valence electrons. The molecule has 2 aliphatic rings. The molecule has 0 saturated carbocycles. The number of hydrogen-bond donors (Lipinski definition) is 1. The highest BCUT2D eigenvalue weighted by Gasteiger charge is 2.36. The van der Waals surface area contributed by atoms with E-state index in [-0.39, 0.29) is 61.7 Å². The minimum absolute atomic E-state index is 0.0113. The summed E-state index contributed by atoms with van der Waals surface area (Å²) in [6.45, 7) is 0.323. The Morgan fingerprint density at radius 2 is 1.63 bits per heavy atom. The van der Waals surface area contributed by atoms with Crippen molar-refractivity contribution >= 4 is 35.0 Å². The number of carbonyl (C=O) groups excluding carboxylic acids is 4. The SMILES string of the molecule is O=C(Nc1ccc(CN2C(=O)CCC2=O)cc1)C1CC(=O)N(c2ccccc2F)C1. The molecule has 0 spiro atoms. The molecule has 1 unspecified atom stereocenters. The van der Waals surface area contributed by atoms with Crippen LogP contribution in [0, 0.1) is 11.7 Å². The van der Waals surface area contributed by atoms with Crippen molar-refractivity contribution in [2.45, 2.75) is 25.8 Å². The van der Waals surface area contributed by atoms with Crippen molar-refractivity contribution in [3.63, 3.8) is 0 Å². The largest absolute Gasteiger partial charge is 0.326 e. The van der Waals surface area contributed by atoms with Gasteiger partial charge >= 0.3 is 0 Å².